The lowest BCUT2D eigenvalue weighted by molar-refractivity contribution is 0.0697. The maximum Gasteiger partial charge on any atom is 0.338 e. The fraction of sp³-hybridized carbons (Fsp3) is 0.143. The lowest BCUT2D eigenvalue weighted by Gasteiger charge is -2.04. The number of aromatic nitrogens is 4. The highest BCUT2D eigenvalue weighted by Crippen LogP contribution is 2.28. The van der Waals surface area contributed by atoms with Crippen LogP contribution in [0.3, 0.4) is 0 Å². The molecule has 0 saturated carbocycles. The molecule has 3 aromatic heterocycles. The first kappa shape index (κ1) is 13.5. The number of carboxylic acids is 1. The van der Waals surface area contributed by atoms with Gasteiger partial charge in [0.1, 0.15) is 0 Å². The second-order valence-corrected chi connectivity index (χ2v) is 4.97. The van der Waals surface area contributed by atoms with Crippen LogP contribution in [0, 0.1) is 6.92 Å². The quantitative estimate of drug-likeness (QED) is 0.804. The lowest BCUT2D eigenvalue weighted by atomic mass is 10.2. The number of halogens is 1. The molecule has 6 nitrogen and oxygen atoms in total. The van der Waals surface area contributed by atoms with E-state index >= 15 is 0 Å². The lowest BCUT2D eigenvalue weighted by Crippen LogP contribution is -2.04. The number of rotatable bonds is 3. The molecule has 0 spiro atoms. The molecule has 3 heterocycles. The molecule has 3 rings (SSSR count). The molecule has 0 radical (unpaired) electrons. The highest BCUT2D eigenvalue weighted by Gasteiger charge is 2.18. The molecular weight excluding hydrogens is 292 g/mol. The first-order valence-electron chi connectivity index (χ1n) is 6.21. The average molecular weight is 303 g/mol. The molecule has 0 unspecified atom stereocenters. The van der Waals surface area contributed by atoms with Gasteiger partial charge in [-0.1, -0.05) is 11.6 Å². The van der Waals surface area contributed by atoms with Gasteiger partial charge in [-0.05, 0) is 24.6 Å². The summed E-state index contributed by atoms with van der Waals surface area (Å²) in [5, 5.41) is 14.2. The monoisotopic (exact) mass is 302 g/mol. The Bertz CT molecular complexity index is 830. The van der Waals surface area contributed by atoms with E-state index in [4.69, 9.17) is 16.7 Å². The van der Waals surface area contributed by atoms with Crippen LogP contribution in [0.1, 0.15) is 21.6 Å². The molecule has 0 aliphatic carbocycles. The molecule has 0 amide bonds. The van der Waals surface area contributed by atoms with Gasteiger partial charge in [0.25, 0.3) is 0 Å². The Balaban J connectivity index is 2.14. The molecule has 0 bridgehead atoms. The fourth-order valence-electron chi connectivity index (χ4n) is 2.19. The summed E-state index contributed by atoms with van der Waals surface area (Å²) < 4.78 is 1.71. The highest BCUT2D eigenvalue weighted by atomic mass is 35.5. The third kappa shape index (κ3) is 2.34. The molecular formula is C14H11ClN4O2. The Morgan fingerprint density at radius 1 is 1.38 bits per heavy atom. The largest absolute Gasteiger partial charge is 0.478 e. The second kappa shape index (κ2) is 5.14. The minimum atomic E-state index is -1.10. The zero-order valence-corrected chi connectivity index (χ0v) is 11.9. The van der Waals surface area contributed by atoms with Crippen LogP contribution >= 0.6 is 11.6 Å². The Morgan fingerprint density at radius 3 is 2.76 bits per heavy atom. The van der Waals surface area contributed by atoms with Gasteiger partial charge in [-0.3, -0.25) is 4.98 Å². The number of aryl methyl sites for hydroxylation is 1. The van der Waals surface area contributed by atoms with Gasteiger partial charge in [-0.25, -0.2) is 14.5 Å². The maximum absolute atomic E-state index is 11.1. The second-order valence-electron chi connectivity index (χ2n) is 4.59. The van der Waals surface area contributed by atoms with Crippen molar-refractivity contribution in [2.75, 3.05) is 0 Å². The Hall–Kier alpha value is -2.47. The summed E-state index contributed by atoms with van der Waals surface area (Å²) >= 11 is 6.17. The number of nitrogens with zero attached hydrogens (tertiary/aromatic N) is 4. The summed E-state index contributed by atoms with van der Waals surface area (Å²) in [5.74, 6) is -1.10. The molecule has 0 fully saturated rings. The minimum Gasteiger partial charge on any atom is -0.478 e. The topological polar surface area (TPSA) is 80.9 Å². The van der Waals surface area contributed by atoms with Crippen molar-refractivity contribution in [3.63, 3.8) is 0 Å². The van der Waals surface area contributed by atoms with Gasteiger partial charge < -0.3 is 5.11 Å². The summed E-state index contributed by atoms with van der Waals surface area (Å²) in [7, 11) is 0. The number of carboxylic acid groups (broad SMARTS) is 1. The van der Waals surface area contributed by atoms with E-state index < -0.39 is 5.97 Å². The molecule has 21 heavy (non-hydrogen) atoms. The van der Waals surface area contributed by atoms with Crippen molar-refractivity contribution in [3.8, 4) is 0 Å². The van der Waals surface area contributed by atoms with E-state index in [-0.39, 0.29) is 10.6 Å². The summed E-state index contributed by atoms with van der Waals surface area (Å²) in [4.78, 5) is 19.3. The zero-order valence-electron chi connectivity index (χ0n) is 11.1. The number of pyridine rings is 2. The van der Waals surface area contributed by atoms with E-state index in [1.54, 1.807) is 24.0 Å². The molecule has 106 valence electrons. The maximum atomic E-state index is 11.1. The molecule has 1 N–H and O–H groups in total. The van der Waals surface area contributed by atoms with Crippen molar-refractivity contribution in [2.24, 2.45) is 0 Å². The van der Waals surface area contributed by atoms with E-state index in [0.717, 1.165) is 5.56 Å². The van der Waals surface area contributed by atoms with E-state index in [0.29, 0.717) is 23.3 Å². The number of aromatic carboxylic acids is 1. The van der Waals surface area contributed by atoms with Crippen LogP contribution < -0.4 is 0 Å². The Labute approximate surface area is 125 Å². The van der Waals surface area contributed by atoms with Crippen molar-refractivity contribution in [1.82, 2.24) is 19.7 Å². The van der Waals surface area contributed by atoms with Gasteiger partial charge in [0.05, 0.1) is 28.2 Å². The van der Waals surface area contributed by atoms with Crippen molar-refractivity contribution in [2.45, 2.75) is 13.5 Å². The van der Waals surface area contributed by atoms with Gasteiger partial charge in [0.15, 0.2) is 5.65 Å². The normalized spacial score (nSPS) is 11.0. The molecule has 0 atom stereocenters. The number of carbonyl (C=O) groups is 1. The van der Waals surface area contributed by atoms with Crippen molar-refractivity contribution in [3.05, 3.63) is 52.6 Å². The van der Waals surface area contributed by atoms with Crippen LogP contribution in [0.2, 0.25) is 5.02 Å². The Kier molecular flexibility index (Phi) is 3.31. The van der Waals surface area contributed by atoms with Crippen LogP contribution in [0.25, 0.3) is 11.0 Å². The fourth-order valence-corrected chi connectivity index (χ4v) is 2.55. The molecule has 0 aliphatic rings. The number of hydrogen-bond donors (Lipinski definition) is 1. The van der Waals surface area contributed by atoms with Gasteiger partial charge in [0.2, 0.25) is 0 Å². The van der Waals surface area contributed by atoms with E-state index in [1.807, 2.05) is 12.1 Å². The van der Waals surface area contributed by atoms with E-state index in [2.05, 4.69) is 15.1 Å². The summed E-state index contributed by atoms with van der Waals surface area (Å²) in [6, 6.07) is 3.77. The van der Waals surface area contributed by atoms with Gasteiger partial charge >= 0.3 is 5.97 Å². The molecule has 7 heteroatoms. The van der Waals surface area contributed by atoms with Crippen molar-refractivity contribution in [1.29, 1.82) is 0 Å². The van der Waals surface area contributed by atoms with Crippen LogP contribution in [0.5, 0.6) is 0 Å². The molecule has 3 aromatic rings. The third-order valence-electron chi connectivity index (χ3n) is 3.18. The highest BCUT2D eigenvalue weighted by molar-refractivity contribution is 6.38. The van der Waals surface area contributed by atoms with E-state index in [9.17, 15) is 4.79 Å². The van der Waals surface area contributed by atoms with Crippen LogP contribution in [0.4, 0.5) is 0 Å². The van der Waals surface area contributed by atoms with Crippen LogP contribution in [-0.2, 0) is 6.54 Å². The zero-order chi connectivity index (χ0) is 15.0. The molecule has 0 saturated heterocycles. The van der Waals surface area contributed by atoms with Crippen molar-refractivity contribution >= 4 is 28.6 Å². The van der Waals surface area contributed by atoms with Crippen LogP contribution in [0.15, 0.2) is 30.7 Å². The average Bonchev–Trinajstić information content (AvgIpc) is 2.77. The van der Waals surface area contributed by atoms with Crippen molar-refractivity contribution < 1.29 is 9.90 Å². The van der Waals surface area contributed by atoms with Gasteiger partial charge in [-0.2, -0.15) is 5.10 Å². The first-order valence-corrected chi connectivity index (χ1v) is 6.59. The smallest absolute Gasteiger partial charge is 0.338 e. The van der Waals surface area contributed by atoms with E-state index in [1.165, 1.54) is 6.20 Å². The number of fused-ring (bicyclic) bond motifs is 1. The van der Waals surface area contributed by atoms with Crippen LogP contribution in [-0.4, -0.2) is 30.8 Å². The number of hydrogen-bond acceptors (Lipinski definition) is 4. The minimum absolute atomic E-state index is 0.0178. The van der Waals surface area contributed by atoms with Gasteiger partial charge in [-0.15, -0.1) is 0 Å². The first-order chi connectivity index (χ1) is 10.1. The predicted molar refractivity (Wildman–Crippen MR) is 77.6 cm³/mol. The standard InChI is InChI=1S/C14H11ClN4O2/c1-8-11-12(15)10(14(20)21)6-17-13(11)19(18-8)7-9-2-4-16-5-3-9/h2-6H,7H2,1H3,(H,20,21). The predicted octanol–water partition coefficient (Wildman–Crippen LogP) is 2.53. The summed E-state index contributed by atoms with van der Waals surface area (Å²) in [6.45, 7) is 2.30. The molecule has 0 aromatic carbocycles. The summed E-state index contributed by atoms with van der Waals surface area (Å²) in [5.41, 5.74) is 2.23. The SMILES string of the molecule is Cc1nn(Cc2ccncc2)c2ncc(C(=O)O)c(Cl)c12. The Morgan fingerprint density at radius 2 is 2.10 bits per heavy atom. The third-order valence-corrected chi connectivity index (χ3v) is 3.58. The van der Waals surface area contributed by atoms with Gasteiger partial charge in [0, 0.05) is 18.6 Å². The summed E-state index contributed by atoms with van der Waals surface area (Å²) in [6.07, 6.45) is 4.67. The molecule has 0 aliphatic heterocycles.